The molecule has 0 radical (unpaired) electrons. The number of ether oxygens (including phenoxy) is 1. The van der Waals surface area contributed by atoms with Gasteiger partial charge in [-0.3, -0.25) is 5.10 Å². The van der Waals surface area contributed by atoms with Gasteiger partial charge < -0.3 is 10.1 Å². The van der Waals surface area contributed by atoms with Crippen LogP contribution in [0.25, 0.3) is 0 Å². The van der Waals surface area contributed by atoms with E-state index in [1.165, 1.54) is 16.8 Å². The quantitative estimate of drug-likeness (QED) is 0.315. The molecule has 3 atom stereocenters. The van der Waals surface area contributed by atoms with Crippen LogP contribution in [0.4, 0.5) is 11.5 Å². The molecule has 1 aromatic heterocycles. The van der Waals surface area contributed by atoms with Gasteiger partial charge in [0.2, 0.25) is 0 Å². The number of aromatic nitrogens is 2. The second-order valence-electron chi connectivity index (χ2n) is 10.6. The maximum atomic E-state index is 6.49. The number of hydrogen-bond donors (Lipinski definition) is 2. The van der Waals surface area contributed by atoms with E-state index in [2.05, 4.69) is 99.7 Å². The predicted molar refractivity (Wildman–Crippen MR) is 155 cm³/mol. The number of aryl methyl sites for hydroxylation is 1. The van der Waals surface area contributed by atoms with Crippen LogP contribution in [0.1, 0.15) is 90.0 Å². The third-order valence-corrected chi connectivity index (χ3v) is 7.80. The highest BCUT2D eigenvalue weighted by Crippen LogP contribution is 2.43. The zero-order valence-electron chi connectivity index (χ0n) is 22.5. The van der Waals surface area contributed by atoms with E-state index in [4.69, 9.17) is 15.9 Å². The van der Waals surface area contributed by atoms with Crippen LogP contribution in [-0.2, 0) is 37.6 Å². The zero-order valence-corrected chi connectivity index (χ0v) is 24.2. The summed E-state index contributed by atoms with van der Waals surface area (Å²) in [5.41, 5.74) is 5.01. The van der Waals surface area contributed by atoms with E-state index in [1.54, 1.807) is 0 Å². The summed E-state index contributed by atoms with van der Waals surface area (Å²) in [6, 6.07) is 8.77. The molecule has 6 heteroatoms. The number of nitrogens with one attached hydrogen (secondary N) is 2. The molecule has 0 spiro atoms. The Labute approximate surface area is 219 Å². The second-order valence-corrected chi connectivity index (χ2v) is 13.8. The summed E-state index contributed by atoms with van der Waals surface area (Å²) >= 11 is 5.47. The topological polar surface area (TPSA) is 49.9 Å². The minimum absolute atomic E-state index is 0.00250. The summed E-state index contributed by atoms with van der Waals surface area (Å²) in [7, 11) is -0.0343. The van der Waals surface area contributed by atoms with Crippen molar-refractivity contribution in [1.29, 1.82) is 0 Å². The Morgan fingerprint density at radius 1 is 1.23 bits per heavy atom. The fourth-order valence-corrected chi connectivity index (χ4v) is 6.03. The molecular weight excluding hydrogens is 470 g/mol. The minimum atomic E-state index is -0.0343. The first-order valence-electron chi connectivity index (χ1n) is 12.9. The molecule has 1 saturated carbocycles. The van der Waals surface area contributed by atoms with Crippen molar-refractivity contribution >= 4 is 32.1 Å². The molecule has 3 rings (SSSR count). The number of hydrogen-bond acceptors (Lipinski definition) is 4. The van der Waals surface area contributed by atoms with Crippen LogP contribution in [0.5, 0.6) is 0 Å². The van der Waals surface area contributed by atoms with E-state index in [0.717, 1.165) is 60.9 Å². The van der Waals surface area contributed by atoms with Crippen LogP contribution in [0.15, 0.2) is 47.9 Å². The lowest BCUT2D eigenvalue weighted by Crippen LogP contribution is -2.15. The molecule has 1 heterocycles. The Kier molecular flexibility index (Phi) is 9.77. The van der Waals surface area contributed by atoms with Crippen LogP contribution in [0.3, 0.4) is 0 Å². The summed E-state index contributed by atoms with van der Waals surface area (Å²) < 4.78 is 6.49. The lowest BCUT2D eigenvalue weighted by molar-refractivity contribution is 0.186. The van der Waals surface area contributed by atoms with Crippen molar-refractivity contribution in [3.8, 4) is 0 Å². The molecule has 0 amide bonds. The van der Waals surface area contributed by atoms with Crippen molar-refractivity contribution < 1.29 is 4.74 Å². The molecule has 3 unspecified atom stereocenters. The molecule has 192 valence electrons. The van der Waals surface area contributed by atoms with Gasteiger partial charge in [0, 0.05) is 40.5 Å². The highest BCUT2D eigenvalue weighted by molar-refractivity contribution is 8.28. The Morgan fingerprint density at radius 2 is 2.00 bits per heavy atom. The molecule has 0 saturated heterocycles. The number of rotatable bonds is 10. The lowest BCUT2D eigenvalue weighted by atomic mass is 9.93. The summed E-state index contributed by atoms with van der Waals surface area (Å²) in [6.07, 6.45) is 11.9. The van der Waals surface area contributed by atoms with Crippen LogP contribution in [0, 0.1) is 11.3 Å². The van der Waals surface area contributed by atoms with Gasteiger partial charge in [-0.2, -0.15) is 5.10 Å². The smallest absolute Gasteiger partial charge is 0.152 e. The van der Waals surface area contributed by atoms with Gasteiger partial charge in [-0.15, -0.1) is 9.45 Å². The molecule has 1 aromatic carbocycles. The number of anilines is 2. The molecule has 4 nitrogen and oxygen atoms in total. The molecule has 1 aliphatic rings. The third-order valence-electron chi connectivity index (χ3n) is 6.73. The van der Waals surface area contributed by atoms with Gasteiger partial charge in [-0.1, -0.05) is 51.9 Å². The first-order chi connectivity index (χ1) is 16.6. The van der Waals surface area contributed by atoms with Gasteiger partial charge in [0.15, 0.2) is 5.82 Å². The highest BCUT2D eigenvalue weighted by Gasteiger charge is 2.32. The van der Waals surface area contributed by atoms with Gasteiger partial charge in [0.1, 0.15) is 11.5 Å². The Bertz CT molecular complexity index is 1080. The largest absolute Gasteiger partial charge is 0.466 e. The van der Waals surface area contributed by atoms with Crippen LogP contribution >= 0.6 is 0 Å². The van der Waals surface area contributed by atoms with E-state index < -0.39 is 0 Å². The summed E-state index contributed by atoms with van der Waals surface area (Å²) in [6.45, 7) is 13.1. The van der Waals surface area contributed by atoms with Crippen molar-refractivity contribution in [3.05, 3.63) is 64.8 Å². The second kappa shape index (κ2) is 12.4. The first kappa shape index (κ1) is 27.7. The summed E-state index contributed by atoms with van der Waals surface area (Å²) in [4.78, 5) is 0. The van der Waals surface area contributed by atoms with Crippen molar-refractivity contribution in [2.45, 2.75) is 85.3 Å². The summed E-state index contributed by atoms with van der Waals surface area (Å²) in [5, 5.41) is 11.4. The highest BCUT2D eigenvalue weighted by atomic mass is 32.8. The molecule has 1 fully saturated rings. The van der Waals surface area contributed by atoms with Crippen LogP contribution in [0.2, 0.25) is 0 Å². The van der Waals surface area contributed by atoms with Crippen molar-refractivity contribution in [2.24, 2.45) is 11.3 Å². The van der Waals surface area contributed by atoms with E-state index in [0.29, 0.717) is 11.8 Å². The Balaban J connectivity index is 1.69. The normalized spacial score (nSPS) is 20.2. The number of allylic oxidation sites excluding steroid dienone is 4. The zero-order chi connectivity index (χ0) is 25.6. The predicted octanol–water partition coefficient (Wildman–Crippen LogP) is 8.07. The molecular formula is C29H43N3OS2. The third kappa shape index (κ3) is 7.53. The Morgan fingerprint density at radius 3 is 2.63 bits per heavy atom. The monoisotopic (exact) mass is 513 g/mol. The lowest BCUT2D eigenvalue weighted by Gasteiger charge is -2.26. The van der Waals surface area contributed by atoms with Gasteiger partial charge in [-0.05, 0) is 80.7 Å². The average Bonchev–Trinajstić information content (AvgIpc) is 3.45. The number of benzene rings is 1. The van der Waals surface area contributed by atoms with Crippen molar-refractivity contribution in [3.63, 3.8) is 0 Å². The number of H-pyrrole nitrogens is 1. The minimum Gasteiger partial charge on any atom is -0.466 e. The van der Waals surface area contributed by atoms with E-state index in [1.807, 2.05) is 0 Å². The first-order valence-corrected chi connectivity index (χ1v) is 15.7. The molecule has 0 bridgehead atoms. The van der Waals surface area contributed by atoms with Crippen molar-refractivity contribution in [2.75, 3.05) is 11.6 Å². The molecule has 0 aliphatic heterocycles. The van der Waals surface area contributed by atoms with Crippen molar-refractivity contribution in [1.82, 2.24) is 10.2 Å². The molecule has 1 aliphatic carbocycles. The van der Waals surface area contributed by atoms with Gasteiger partial charge in [0.25, 0.3) is 0 Å². The van der Waals surface area contributed by atoms with Crippen LogP contribution in [-0.4, -0.2) is 16.5 Å². The maximum Gasteiger partial charge on any atom is 0.152 e. The van der Waals surface area contributed by atoms with Crippen LogP contribution < -0.4 is 5.32 Å². The fourth-order valence-electron chi connectivity index (χ4n) is 4.95. The standard InChI is InChI=1S/C29H43N3OS2/c1-8-11-26(33-27(10-3)29(4,5)6)22-13-12-21(16-22)25-18-28(32-31-25)30-24-15-14-20(9-2)23(17-24)19-35(7)34/h10-11,14-15,17-18,21-22H,8-9,12-13,16,19H2,1-7H3,(H2,30,31,32)/b26-11+,27-10-. The maximum absolute atomic E-state index is 6.49. The fraction of sp³-hybridized carbons (Fsp3) is 0.552. The molecule has 2 N–H and O–H groups in total. The Hall–Kier alpha value is -1.92. The molecule has 2 aromatic rings. The molecule has 35 heavy (non-hydrogen) atoms. The van der Waals surface area contributed by atoms with Gasteiger partial charge >= 0.3 is 0 Å². The number of aromatic amines is 1. The number of nitrogens with zero attached hydrogens (tertiary/aromatic N) is 1. The summed E-state index contributed by atoms with van der Waals surface area (Å²) in [5.74, 6) is 4.92. The van der Waals surface area contributed by atoms with E-state index in [9.17, 15) is 0 Å². The van der Waals surface area contributed by atoms with Gasteiger partial charge in [0.05, 0.1) is 0 Å². The SMILES string of the molecule is C/C=C(\O/C(=C/CC)C1CCC(c2cc(Nc3ccc(CC)c(CS(C)=S)c3)n[nH]2)C1)C(C)(C)C. The van der Waals surface area contributed by atoms with E-state index >= 15 is 0 Å². The van der Waals surface area contributed by atoms with E-state index in [-0.39, 0.29) is 14.9 Å². The average molecular weight is 514 g/mol. The van der Waals surface area contributed by atoms with Gasteiger partial charge in [-0.25, -0.2) is 0 Å².